The van der Waals surface area contributed by atoms with Crippen LogP contribution in [0, 0.1) is 28.7 Å². The van der Waals surface area contributed by atoms with Gasteiger partial charge in [0, 0.05) is 11.6 Å². The minimum absolute atomic E-state index is 0.107. The molecule has 1 atom stereocenters. The minimum Gasteiger partial charge on any atom is -0.373 e. The van der Waals surface area contributed by atoms with Crippen LogP contribution in [0.1, 0.15) is 24.1 Å². The van der Waals surface area contributed by atoms with E-state index in [1.54, 1.807) is 26.0 Å². The Morgan fingerprint density at radius 3 is 2.62 bits per heavy atom. The van der Waals surface area contributed by atoms with Crippen molar-refractivity contribution in [2.24, 2.45) is 0 Å². The highest BCUT2D eigenvalue weighted by atomic mass is 19.2. The number of halogens is 2. The van der Waals surface area contributed by atoms with Gasteiger partial charge in [0.1, 0.15) is 5.69 Å². The fourth-order valence-corrected chi connectivity index (χ4v) is 2.09. The Labute approximate surface area is 120 Å². The van der Waals surface area contributed by atoms with Crippen molar-refractivity contribution in [1.29, 1.82) is 0 Å². The number of nitro groups is 1. The van der Waals surface area contributed by atoms with Crippen molar-refractivity contribution in [2.75, 3.05) is 5.32 Å². The first kappa shape index (κ1) is 14.9. The number of rotatable bonds is 4. The first-order valence-electron chi connectivity index (χ1n) is 6.35. The van der Waals surface area contributed by atoms with E-state index >= 15 is 0 Å². The van der Waals surface area contributed by atoms with Gasteiger partial charge >= 0.3 is 0 Å². The van der Waals surface area contributed by atoms with E-state index in [0.29, 0.717) is 0 Å². The number of aryl methyl sites for hydroxylation is 1. The lowest BCUT2D eigenvalue weighted by Gasteiger charge is -2.17. The normalized spacial score (nSPS) is 12.0. The highest BCUT2D eigenvalue weighted by molar-refractivity contribution is 5.63. The van der Waals surface area contributed by atoms with Gasteiger partial charge in [0.2, 0.25) is 0 Å². The first-order chi connectivity index (χ1) is 9.90. The Hall–Kier alpha value is -2.50. The molecule has 0 heterocycles. The van der Waals surface area contributed by atoms with Gasteiger partial charge < -0.3 is 5.32 Å². The van der Waals surface area contributed by atoms with E-state index in [1.807, 2.05) is 0 Å². The van der Waals surface area contributed by atoms with Crippen LogP contribution >= 0.6 is 0 Å². The highest BCUT2D eigenvalue weighted by Gasteiger charge is 2.19. The maximum Gasteiger partial charge on any atom is 0.292 e. The Morgan fingerprint density at radius 2 is 1.95 bits per heavy atom. The molecular formula is C15H14F2N2O2. The van der Waals surface area contributed by atoms with Crippen LogP contribution in [0.4, 0.5) is 20.2 Å². The minimum atomic E-state index is -0.951. The van der Waals surface area contributed by atoms with Gasteiger partial charge in [0.25, 0.3) is 5.69 Å². The molecule has 0 spiro atoms. The lowest BCUT2D eigenvalue weighted by molar-refractivity contribution is -0.384. The van der Waals surface area contributed by atoms with Crippen LogP contribution in [0.5, 0.6) is 0 Å². The van der Waals surface area contributed by atoms with Crippen molar-refractivity contribution in [2.45, 2.75) is 19.9 Å². The molecule has 4 nitrogen and oxygen atoms in total. The van der Waals surface area contributed by atoms with E-state index in [0.717, 1.165) is 11.6 Å². The van der Waals surface area contributed by atoms with Crippen molar-refractivity contribution in [3.8, 4) is 0 Å². The standard InChI is InChI=1S/C15H14F2N2O2/c1-9-6-7-14(19(20)21)13(8-9)18-10(2)11-4-3-5-12(16)15(11)17/h3-8,10,18H,1-2H3. The maximum atomic E-state index is 13.7. The van der Waals surface area contributed by atoms with E-state index in [9.17, 15) is 18.9 Å². The summed E-state index contributed by atoms with van der Waals surface area (Å²) in [5.74, 6) is -1.90. The van der Waals surface area contributed by atoms with Crippen molar-refractivity contribution in [3.05, 3.63) is 69.3 Å². The SMILES string of the molecule is Cc1ccc([N+](=O)[O-])c(NC(C)c2cccc(F)c2F)c1. The lowest BCUT2D eigenvalue weighted by atomic mass is 10.1. The van der Waals surface area contributed by atoms with Gasteiger partial charge in [-0.2, -0.15) is 0 Å². The monoisotopic (exact) mass is 292 g/mol. The Bertz CT molecular complexity index is 689. The van der Waals surface area contributed by atoms with E-state index in [4.69, 9.17) is 0 Å². The molecule has 2 rings (SSSR count). The molecule has 0 saturated heterocycles. The molecule has 0 aliphatic heterocycles. The van der Waals surface area contributed by atoms with Gasteiger partial charge in [-0.15, -0.1) is 0 Å². The second-order valence-electron chi connectivity index (χ2n) is 4.79. The summed E-state index contributed by atoms with van der Waals surface area (Å²) in [4.78, 5) is 10.5. The maximum absolute atomic E-state index is 13.7. The van der Waals surface area contributed by atoms with Crippen LogP contribution in [0.25, 0.3) is 0 Å². The largest absolute Gasteiger partial charge is 0.373 e. The topological polar surface area (TPSA) is 55.2 Å². The fraction of sp³-hybridized carbons (Fsp3) is 0.200. The molecule has 21 heavy (non-hydrogen) atoms. The molecule has 0 aliphatic carbocycles. The molecule has 0 fully saturated rings. The summed E-state index contributed by atoms with van der Waals surface area (Å²) in [6.45, 7) is 3.41. The zero-order valence-corrected chi connectivity index (χ0v) is 11.6. The highest BCUT2D eigenvalue weighted by Crippen LogP contribution is 2.30. The van der Waals surface area contributed by atoms with Crippen LogP contribution in [0.2, 0.25) is 0 Å². The van der Waals surface area contributed by atoms with Crippen LogP contribution < -0.4 is 5.32 Å². The number of hydrogen-bond acceptors (Lipinski definition) is 3. The van der Waals surface area contributed by atoms with E-state index in [1.165, 1.54) is 18.2 Å². The van der Waals surface area contributed by atoms with Crippen LogP contribution in [-0.4, -0.2) is 4.92 Å². The Morgan fingerprint density at radius 1 is 1.24 bits per heavy atom. The number of nitro benzene ring substituents is 1. The summed E-state index contributed by atoms with van der Waals surface area (Å²) in [6.07, 6.45) is 0. The smallest absolute Gasteiger partial charge is 0.292 e. The van der Waals surface area contributed by atoms with Gasteiger partial charge in [0.15, 0.2) is 11.6 Å². The molecule has 0 aliphatic rings. The molecule has 1 unspecified atom stereocenters. The van der Waals surface area contributed by atoms with Crippen molar-refractivity contribution in [1.82, 2.24) is 0 Å². The first-order valence-corrected chi connectivity index (χ1v) is 6.35. The van der Waals surface area contributed by atoms with Crippen LogP contribution in [0.3, 0.4) is 0 Å². The molecule has 1 N–H and O–H groups in total. The second kappa shape index (κ2) is 5.87. The average Bonchev–Trinajstić information content (AvgIpc) is 2.41. The summed E-state index contributed by atoms with van der Waals surface area (Å²) >= 11 is 0. The quantitative estimate of drug-likeness (QED) is 0.673. The number of nitrogens with one attached hydrogen (secondary N) is 1. The van der Waals surface area contributed by atoms with Crippen LogP contribution in [0.15, 0.2) is 36.4 Å². The Kier molecular flexibility index (Phi) is 4.16. The summed E-state index contributed by atoms with van der Waals surface area (Å²) in [5, 5.41) is 13.9. The number of nitrogens with zero attached hydrogens (tertiary/aromatic N) is 1. The molecule has 110 valence electrons. The van der Waals surface area contributed by atoms with Gasteiger partial charge in [-0.1, -0.05) is 18.2 Å². The van der Waals surface area contributed by atoms with Gasteiger partial charge in [-0.25, -0.2) is 8.78 Å². The average molecular weight is 292 g/mol. The van der Waals surface area contributed by atoms with Gasteiger partial charge in [-0.3, -0.25) is 10.1 Å². The third-order valence-electron chi connectivity index (χ3n) is 3.17. The third kappa shape index (κ3) is 3.16. The van der Waals surface area contributed by atoms with Crippen molar-refractivity contribution >= 4 is 11.4 Å². The van der Waals surface area contributed by atoms with E-state index in [2.05, 4.69) is 5.32 Å². The Balaban J connectivity index is 2.35. The van der Waals surface area contributed by atoms with Gasteiger partial charge in [0.05, 0.1) is 11.0 Å². The molecule has 6 heteroatoms. The number of hydrogen-bond donors (Lipinski definition) is 1. The molecular weight excluding hydrogens is 278 g/mol. The predicted molar refractivity (Wildman–Crippen MR) is 76.2 cm³/mol. The molecule has 0 radical (unpaired) electrons. The second-order valence-corrected chi connectivity index (χ2v) is 4.79. The molecule has 2 aromatic carbocycles. The molecule has 0 saturated carbocycles. The van der Waals surface area contributed by atoms with Gasteiger partial charge in [-0.05, 0) is 31.5 Å². The lowest BCUT2D eigenvalue weighted by Crippen LogP contribution is -2.11. The van der Waals surface area contributed by atoms with Crippen molar-refractivity contribution < 1.29 is 13.7 Å². The molecule has 0 bridgehead atoms. The van der Waals surface area contributed by atoms with Crippen LogP contribution in [-0.2, 0) is 0 Å². The number of benzene rings is 2. The molecule has 0 aromatic heterocycles. The summed E-state index contributed by atoms with van der Waals surface area (Å²) in [7, 11) is 0. The molecule has 2 aromatic rings. The predicted octanol–water partition coefficient (Wildman–Crippen LogP) is 4.35. The zero-order chi connectivity index (χ0) is 15.6. The van der Waals surface area contributed by atoms with Crippen molar-refractivity contribution in [3.63, 3.8) is 0 Å². The zero-order valence-electron chi connectivity index (χ0n) is 11.6. The summed E-state index contributed by atoms with van der Waals surface area (Å²) in [6, 6.07) is 7.87. The summed E-state index contributed by atoms with van der Waals surface area (Å²) < 4.78 is 27.0. The third-order valence-corrected chi connectivity index (χ3v) is 3.17. The van der Waals surface area contributed by atoms with E-state index < -0.39 is 22.6 Å². The van der Waals surface area contributed by atoms with E-state index in [-0.39, 0.29) is 16.9 Å². The molecule has 0 amide bonds. The fourth-order valence-electron chi connectivity index (χ4n) is 2.09. The number of anilines is 1. The summed E-state index contributed by atoms with van der Waals surface area (Å²) in [5.41, 5.74) is 1.11.